The van der Waals surface area contributed by atoms with Crippen molar-refractivity contribution in [3.05, 3.63) is 70.7 Å². The number of nitrogens with zero attached hydrogens (tertiary/aromatic N) is 3. The van der Waals surface area contributed by atoms with E-state index in [0.717, 1.165) is 11.3 Å². The second-order valence-corrected chi connectivity index (χ2v) is 5.65. The van der Waals surface area contributed by atoms with Gasteiger partial charge in [0.25, 0.3) is 0 Å². The van der Waals surface area contributed by atoms with E-state index in [1.807, 2.05) is 24.3 Å². The highest BCUT2D eigenvalue weighted by molar-refractivity contribution is 6.42. The Balaban J connectivity index is 1.77. The largest absolute Gasteiger partial charge is 0.324 e. The maximum absolute atomic E-state index is 12.3. The van der Waals surface area contributed by atoms with Gasteiger partial charge in [-0.25, -0.2) is 9.67 Å². The van der Waals surface area contributed by atoms with E-state index in [9.17, 15) is 4.79 Å². The van der Waals surface area contributed by atoms with Gasteiger partial charge in [-0.05, 0) is 29.8 Å². The van der Waals surface area contributed by atoms with E-state index < -0.39 is 0 Å². The minimum Gasteiger partial charge on any atom is -0.324 e. The number of carbonyl (C=O) groups is 1. The first-order chi connectivity index (χ1) is 11.1. The number of hydrogen-bond acceptors (Lipinski definition) is 3. The fourth-order valence-electron chi connectivity index (χ4n) is 2.14. The van der Waals surface area contributed by atoms with Crippen LogP contribution >= 0.6 is 23.2 Å². The lowest BCUT2D eigenvalue weighted by Crippen LogP contribution is -2.16. The van der Waals surface area contributed by atoms with Crippen molar-refractivity contribution >= 4 is 34.8 Å². The van der Waals surface area contributed by atoms with Crippen LogP contribution in [0.2, 0.25) is 10.0 Å². The molecule has 0 radical (unpaired) electrons. The molecule has 0 aliphatic rings. The number of para-hydroxylation sites is 2. The van der Waals surface area contributed by atoms with E-state index in [1.165, 1.54) is 6.33 Å². The third-order valence-corrected chi connectivity index (χ3v) is 3.93. The van der Waals surface area contributed by atoms with Crippen LogP contribution < -0.4 is 5.32 Å². The summed E-state index contributed by atoms with van der Waals surface area (Å²) in [4.78, 5) is 16.2. The highest BCUT2D eigenvalue weighted by Crippen LogP contribution is 2.23. The Hall–Kier alpha value is -2.37. The SMILES string of the molecule is O=C(Cc1ccc(Cl)c(Cl)c1)Nc1ccccc1-n1cncn1. The number of carbonyl (C=O) groups excluding carboxylic acids is 1. The van der Waals surface area contributed by atoms with Crippen LogP contribution in [0.3, 0.4) is 0 Å². The Morgan fingerprint density at radius 1 is 1.13 bits per heavy atom. The summed E-state index contributed by atoms with van der Waals surface area (Å²) in [6.07, 6.45) is 3.21. The van der Waals surface area contributed by atoms with Crippen LogP contribution in [0.25, 0.3) is 5.69 Å². The van der Waals surface area contributed by atoms with Gasteiger partial charge in [-0.3, -0.25) is 4.79 Å². The van der Waals surface area contributed by atoms with Crippen molar-refractivity contribution in [1.82, 2.24) is 14.8 Å². The average Bonchev–Trinajstić information content (AvgIpc) is 3.06. The van der Waals surface area contributed by atoms with E-state index in [4.69, 9.17) is 23.2 Å². The van der Waals surface area contributed by atoms with Crippen LogP contribution in [-0.4, -0.2) is 20.7 Å². The Morgan fingerprint density at radius 2 is 1.96 bits per heavy atom. The molecule has 0 bridgehead atoms. The maximum atomic E-state index is 12.3. The van der Waals surface area contributed by atoms with Gasteiger partial charge in [0.2, 0.25) is 5.91 Å². The summed E-state index contributed by atoms with van der Waals surface area (Å²) in [6, 6.07) is 12.5. The van der Waals surface area contributed by atoms with Crippen LogP contribution in [0.4, 0.5) is 5.69 Å². The summed E-state index contributed by atoms with van der Waals surface area (Å²) in [5, 5.41) is 7.86. The number of benzene rings is 2. The fourth-order valence-corrected chi connectivity index (χ4v) is 2.46. The van der Waals surface area contributed by atoms with Crippen LogP contribution in [0.5, 0.6) is 0 Å². The van der Waals surface area contributed by atoms with Gasteiger partial charge < -0.3 is 5.32 Å². The molecular formula is C16H12Cl2N4O. The highest BCUT2D eigenvalue weighted by atomic mass is 35.5. The van der Waals surface area contributed by atoms with Crippen molar-refractivity contribution in [2.24, 2.45) is 0 Å². The Bertz CT molecular complexity index is 834. The summed E-state index contributed by atoms with van der Waals surface area (Å²) >= 11 is 11.8. The van der Waals surface area contributed by atoms with Gasteiger partial charge in [-0.2, -0.15) is 5.10 Å². The molecule has 0 aliphatic carbocycles. The zero-order chi connectivity index (χ0) is 16.2. The van der Waals surface area contributed by atoms with Crippen LogP contribution in [0, 0.1) is 0 Å². The van der Waals surface area contributed by atoms with Gasteiger partial charge in [0, 0.05) is 0 Å². The second-order valence-electron chi connectivity index (χ2n) is 4.83. The van der Waals surface area contributed by atoms with Crippen LogP contribution in [0.1, 0.15) is 5.56 Å². The average molecular weight is 347 g/mol. The van der Waals surface area contributed by atoms with Gasteiger partial charge in [0.1, 0.15) is 12.7 Å². The van der Waals surface area contributed by atoms with Gasteiger partial charge in [-0.1, -0.05) is 41.4 Å². The predicted molar refractivity (Wildman–Crippen MR) is 90.2 cm³/mol. The number of rotatable bonds is 4. The van der Waals surface area contributed by atoms with Gasteiger partial charge in [0.05, 0.1) is 27.8 Å². The van der Waals surface area contributed by atoms with Crippen molar-refractivity contribution in [3.8, 4) is 5.69 Å². The van der Waals surface area contributed by atoms with Gasteiger partial charge >= 0.3 is 0 Å². The molecule has 3 rings (SSSR count). The molecule has 23 heavy (non-hydrogen) atoms. The molecule has 7 heteroatoms. The normalized spacial score (nSPS) is 10.5. The summed E-state index contributed by atoms with van der Waals surface area (Å²) in [5.74, 6) is -0.157. The molecule has 1 N–H and O–H groups in total. The molecule has 1 aromatic heterocycles. The number of hydrogen-bond donors (Lipinski definition) is 1. The number of halogens is 2. The third kappa shape index (κ3) is 3.70. The van der Waals surface area contributed by atoms with Crippen LogP contribution in [0.15, 0.2) is 55.1 Å². The zero-order valence-corrected chi connectivity index (χ0v) is 13.4. The van der Waals surface area contributed by atoms with Gasteiger partial charge in [-0.15, -0.1) is 0 Å². The number of anilines is 1. The minimum absolute atomic E-state index is 0.157. The van der Waals surface area contributed by atoms with Gasteiger partial charge in [0.15, 0.2) is 0 Å². The Kier molecular flexibility index (Phi) is 4.60. The van der Waals surface area contributed by atoms with Crippen LogP contribution in [-0.2, 0) is 11.2 Å². The summed E-state index contributed by atoms with van der Waals surface area (Å²) in [7, 11) is 0. The molecule has 0 unspecified atom stereocenters. The summed E-state index contributed by atoms with van der Waals surface area (Å²) < 4.78 is 1.59. The predicted octanol–water partition coefficient (Wildman–Crippen LogP) is 3.76. The van der Waals surface area contributed by atoms with Crippen molar-refractivity contribution in [2.45, 2.75) is 6.42 Å². The van der Waals surface area contributed by atoms with Crippen molar-refractivity contribution < 1.29 is 4.79 Å². The van der Waals surface area contributed by atoms with Crippen molar-refractivity contribution in [1.29, 1.82) is 0 Å². The quantitative estimate of drug-likeness (QED) is 0.782. The lowest BCUT2D eigenvalue weighted by Gasteiger charge is -2.11. The Morgan fingerprint density at radius 3 is 2.70 bits per heavy atom. The first kappa shape index (κ1) is 15.5. The maximum Gasteiger partial charge on any atom is 0.228 e. The first-order valence-electron chi connectivity index (χ1n) is 6.81. The molecule has 116 valence electrons. The number of aromatic nitrogens is 3. The smallest absolute Gasteiger partial charge is 0.228 e. The van der Waals surface area contributed by atoms with Crippen molar-refractivity contribution in [3.63, 3.8) is 0 Å². The highest BCUT2D eigenvalue weighted by Gasteiger charge is 2.10. The minimum atomic E-state index is -0.157. The topological polar surface area (TPSA) is 59.8 Å². The second kappa shape index (κ2) is 6.81. The number of amides is 1. The van der Waals surface area contributed by atoms with E-state index in [0.29, 0.717) is 15.7 Å². The lowest BCUT2D eigenvalue weighted by atomic mass is 10.1. The van der Waals surface area contributed by atoms with E-state index in [-0.39, 0.29) is 12.3 Å². The van der Waals surface area contributed by atoms with E-state index >= 15 is 0 Å². The fraction of sp³-hybridized carbons (Fsp3) is 0.0625. The molecule has 0 aliphatic heterocycles. The molecule has 0 saturated carbocycles. The molecule has 1 heterocycles. The number of nitrogens with one attached hydrogen (secondary N) is 1. The molecule has 0 atom stereocenters. The molecule has 3 aromatic rings. The summed E-state index contributed by atoms with van der Waals surface area (Å²) in [6.45, 7) is 0. The molecule has 2 aromatic carbocycles. The molecule has 1 amide bonds. The van der Waals surface area contributed by atoms with E-state index in [1.54, 1.807) is 29.2 Å². The summed E-state index contributed by atoms with van der Waals surface area (Å²) in [5.41, 5.74) is 2.19. The monoisotopic (exact) mass is 346 g/mol. The molecule has 0 spiro atoms. The zero-order valence-electron chi connectivity index (χ0n) is 11.9. The molecule has 0 saturated heterocycles. The molecular weight excluding hydrogens is 335 g/mol. The van der Waals surface area contributed by atoms with E-state index in [2.05, 4.69) is 15.4 Å². The standard InChI is InChI=1S/C16H12Cl2N4O/c17-12-6-5-11(7-13(12)18)8-16(23)21-14-3-1-2-4-15(14)22-10-19-9-20-22/h1-7,9-10H,8H2,(H,21,23). The van der Waals surface area contributed by atoms with Crippen molar-refractivity contribution in [2.75, 3.05) is 5.32 Å². The lowest BCUT2D eigenvalue weighted by molar-refractivity contribution is -0.115. The molecule has 0 fully saturated rings. The first-order valence-corrected chi connectivity index (χ1v) is 7.57. The molecule has 5 nitrogen and oxygen atoms in total. The Labute approximate surface area is 142 Å². The third-order valence-electron chi connectivity index (χ3n) is 3.19.